The Balaban J connectivity index is 1.94. The number of nitrogens with zero attached hydrogens (tertiary/aromatic N) is 1. The van der Waals surface area contributed by atoms with Gasteiger partial charge >= 0.3 is 0 Å². The number of para-hydroxylation sites is 2. The first-order chi connectivity index (χ1) is 11.3. The van der Waals surface area contributed by atoms with Gasteiger partial charge in [-0.25, -0.2) is 4.98 Å². The summed E-state index contributed by atoms with van der Waals surface area (Å²) in [5.74, 6) is 3.06. The van der Waals surface area contributed by atoms with Gasteiger partial charge in [-0.2, -0.15) is 0 Å². The van der Waals surface area contributed by atoms with Crippen molar-refractivity contribution in [3.8, 4) is 12.3 Å². The number of pyridine rings is 1. The van der Waals surface area contributed by atoms with Crippen molar-refractivity contribution >= 4 is 27.5 Å². The van der Waals surface area contributed by atoms with Crippen LogP contribution in [-0.2, 0) is 0 Å². The van der Waals surface area contributed by atoms with Crippen LogP contribution in [0.2, 0.25) is 0 Å². The van der Waals surface area contributed by atoms with Crippen LogP contribution in [0.25, 0.3) is 21.8 Å². The molecule has 0 atom stereocenters. The van der Waals surface area contributed by atoms with Gasteiger partial charge in [-0.15, -0.1) is 6.42 Å². The molecule has 0 spiro atoms. The fraction of sp³-hybridized carbons (Fsp3) is 0.286. The van der Waals surface area contributed by atoms with Crippen molar-refractivity contribution in [3.63, 3.8) is 0 Å². The fourth-order valence-corrected chi connectivity index (χ4v) is 3.67. The van der Waals surface area contributed by atoms with E-state index in [2.05, 4.69) is 47.6 Å². The SMILES string of the molecule is C#CC1(Nc2c3ccccc3nc3ccccc23)CCCCC1. The Labute approximate surface area is 136 Å². The number of terminal acetylenes is 1. The van der Waals surface area contributed by atoms with E-state index in [1.807, 2.05) is 12.1 Å². The van der Waals surface area contributed by atoms with Crippen molar-refractivity contribution in [2.75, 3.05) is 5.32 Å². The molecule has 0 radical (unpaired) electrons. The van der Waals surface area contributed by atoms with Gasteiger partial charge in [0.05, 0.1) is 22.3 Å². The lowest BCUT2D eigenvalue weighted by molar-refractivity contribution is 0.397. The number of benzene rings is 2. The Morgan fingerprint density at radius 3 is 2.00 bits per heavy atom. The molecule has 23 heavy (non-hydrogen) atoms. The van der Waals surface area contributed by atoms with Gasteiger partial charge in [0.25, 0.3) is 0 Å². The number of hydrogen-bond acceptors (Lipinski definition) is 2. The van der Waals surface area contributed by atoms with Gasteiger partial charge in [0.1, 0.15) is 0 Å². The highest BCUT2D eigenvalue weighted by atomic mass is 15.0. The number of anilines is 1. The van der Waals surface area contributed by atoms with Crippen molar-refractivity contribution in [1.82, 2.24) is 4.98 Å². The summed E-state index contributed by atoms with van der Waals surface area (Å²) >= 11 is 0. The summed E-state index contributed by atoms with van der Waals surface area (Å²) in [6.07, 6.45) is 11.7. The second-order valence-electron chi connectivity index (χ2n) is 6.43. The minimum Gasteiger partial charge on any atom is -0.368 e. The summed E-state index contributed by atoms with van der Waals surface area (Å²) in [4.78, 5) is 4.79. The Bertz CT molecular complexity index is 844. The lowest BCUT2D eigenvalue weighted by Gasteiger charge is -2.35. The monoisotopic (exact) mass is 300 g/mol. The van der Waals surface area contributed by atoms with Gasteiger partial charge in [-0.3, -0.25) is 0 Å². The van der Waals surface area contributed by atoms with E-state index >= 15 is 0 Å². The Morgan fingerprint density at radius 2 is 1.43 bits per heavy atom. The van der Waals surface area contributed by atoms with Gasteiger partial charge < -0.3 is 5.32 Å². The summed E-state index contributed by atoms with van der Waals surface area (Å²) in [6.45, 7) is 0. The van der Waals surface area contributed by atoms with Crippen LogP contribution < -0.4 is 5.32 Å². The highest BCUT2D eigenvalue weighted by Gasteiger charge is 2.30. The first-order valence-electron chi connectivity index (χ1n) is 8.35. The first kappa shape index (κ1) is 14.1. The summed E-state index contributed by atoms with van der Waals surface area (Å²) < 4.78 is 0. The predicted octanol–water partition coefficient (Wildman–Crippen LogP) is 5.14. The van der Waals surface area contributed by atoms with Crippen molar-refractivity contribution in [2.45, 2.75) is 37.6 Å². The first-order valence-corrected chi connectivity index (χ1v) is 8.35. The average Bonchev–Trinajstić information content (AvgIpc) is 2.62. The summed E-state index contributed by atoms with van der Waals surface area (Å²) in [7, 11) is 0. The molecule has 1 aliphatic rings. The van der Waals surface area contributed by atoms with E-state index in [0.29, 0.717) is 0 Å². The standard InChI is InChI=1S/C21H20N2/c1-2-21(14-8-3-9-15-21)23-20-16-10-4-6-12-18(16)22-19-13-7-5-11-17(19)20/h1,4-7,10-13H,3,8-9,14-15H2,(H,22,23). The molecule has 0 amide bonds. The molecule has 0 aliphatic heterocycles. The lowest BCUT2D eigenvalue weighted by atomic mass is 9.82. The Morgan fingerprint density at radius 1 is 0.870 bits per heavy atom. The van der Waals surface area contributed by atoms with Crippen molar-refractivity contribution in [1.29, 1.82) is 0 Å². The van der Waals surface area contributed by atoms with Crippen LogP contribution in [-0.4, -0.2) is 10.5 Å². The molecule has 1 N–H and O–H groups in total. The van der Waals surface area contributed by atoms with Crippen LogP contribution >= 0.6 is 0 Å². The molecule has 0 bridgehead atoms. The van der Waals surface area contributed by atoms with Crippen LogP contribution in [0, 0.1) is 12.3 Å². The fourth-order valence-electron chi connectivity index (χ4n) is 3.67. The number of aromatic nitrogens is 1. The van der Waals surface area contributed by atoms with Crippen LogP contribution in [0.4, 0.5) is 5.69 Å². The van der Waals surface area contributed by atoms with Crippen LogP contribution in [0.3, 0.4) is 0 Å². The van der Waals surface area contributed by atoms with Crippen LogP contribution in [0.15, 0.2) is 48.5 Å². The quantitative estimate of drug-likeness (QED) is 0.524. The van der Waals surface area contributed by atoms with Gasteiger partial charge in [-0.05, 0) is 25.0 Å². The molecule has 4 rings (SSSR count). The molecule has 0 unspecified atom stereocenters. The van der Waals surface area contributed by atoms with Gasteiger partial charge in [0.15, 0.2) is 0 Å². The zero-order chi connectivity index (χ0) is 15.7. The maximum Gasteiger partial charge on any atom is 0.0984 e. The van der Waals surface area contributed by atoms with E-state index in [4.69, 9.17) is 11.4 Å². The maximum atomic E-state index is 5.95. The average molecular weight is 300 g/mol. The molecular weight excluding hydrogens is 280 g/mol. The second-order valence-corrected chi connectivity index (χ2v) is 6.43. The van der Waals surface area contributed by atoms with E-state index in [0.717, 1.165) is 40.3 Å². The third-order valence-electron chi connectivity index (χ3n) is 4.94. The minimum atomic E-state index is -0.231. The highest BCUT2D eigenvalue weighted by molar-refractivity contribution is 6.07. The molecule has 0 saturated heterocycles. The molecule has 1 heterocycles. The zero-order valence-corrected chi connectivity index (χ0v) is 13.2. The third-order valence-corrected chi connectivity index (χ3v) is 4.94. The number of nitrogens with one attached hydrogen (secondary N) is 1. The normalized spacial score (nSPS) is 17.0. The Kier molecular flexibility index (Phi) is 3.42. The van der Waals surface area contributed by atoms with Gasteiger partial charge in [-0.1, -0.05) is 61.6 Å². The molecule has 1 aliphatic carbocycles. The summed E-state index contributed by atoms with van der Waals surface area (Å²) in [5, 5.41) is 6.04. The predicted molar refractivity (Wildman–Crippen MR) is 97.5 cm³/mol. The number of hydrogen-bond donors (Lipinski definition) is 1. The smallest absolute Gasteiger partial charge is 0.0984 e. The topological polar surface area (TPSA) is 24.9 Å². The van der Waals surface area contributed by atoms with Crippen LogP contribution in [0.5, 0.6) is 0 Å². The van der Waals surface area contributed by atoms with E-state index in [9.17, 15) is 0 Å². The highest BCUT2D eigenvalue weighted by Crippen LogP contribution is 2.37. The number of fused-ring (bicyclic) bond motifs is 2. The van der Waals surface area contributed by atoms with Gasteiger partial charge in [0.2, 0.25) is 0 Å². The summed E-state index contributed by atoms with van der Waals surface area (Å²) in [5.41, 5.74) is 2.92. The third kappa shape index (κ3) is 2.43. The Hall–Kier alpha value is -2.53. The van der Waals surface area contributed by atoms with Crippen LogP contribution in [0.1, 0.15) is 32.1 Å². The van der Waals surface area contributed by atoms with Gasteiger partial charge in [0, 0.05) is 10.8 Å². The molecule has 3 aromatic rings. The van der Waals surface area contributed by atoms with Crippen molar-refractivity contribution in [3.05, 3.63) is 48.5 Å². The molecule has 1 saturated carbocycles. The molecular formula is C21H20N2. The maximum absolute atomic E-state index is 5.95. The molecule has 1 aromatic heterocycles. The van der Waals surface area contributed by atoms with E-state index < -0.39 is 0 Å². The van der Waals surface area contributed by atoms with Crippen molar-refractivity contribution < 1.29 is 0 Å². The zero-order valence-electron chi connectivity index (χ0n) is 13.2. The molecule has 2 nitrogen and oxygen atoms in total. The molecule has 114 valence electrons. The largest absolute Gasteiger partial charge is 0.368 e. The molecule has 2 aromatic carbocycles. The lowest BCUT2D eigenvalue weighted by Crippen LogP contribution is -2.38. The minimum absolute atomic E-state index is 0.231. The number of rotatable bonds is 2. The van der Waals surface area contributed by atoms with Crippen molar-refractivity contribution in [2.24, 2.45) is 0 Å². The van der Waals surface area contributed by atoms with E-state index in [1.54, 1.807) is 0 Å². The summed E-state index contributed by atoms with van der Waals surface area (Å²) in [6, 6.07) is 16.6. The van der Waals surface area contributed by atoms with E-state index in [-0.39, 0.29) is 5.54 Å². The molecule has 1 fully saturated rings. The molecule has 2 heteroatoms. The van der Waals surface area contributed by atoms with E-state index in [1.165, 1.54) is 19.3 Å². The second kappa shape index (κ2) is 5.59.